The fraction of sp³-hybridized carbons (Fsp3) is 1.00. The molecular formula is C12H23NO. The fourth-order valence-corrected chi connectivity index (χ4v) is 3.31. The highest BCUT2D eigenvalue weighted by atomic mass is 16.5. The van der Waals surface area contributed by atoms with E-state index in [1.165, 1.54) is 38.5 Å². The monoisotopic (exact) mass is 197 g/mol. The first-order valence-electron chi connectivity index (χ1n) is 5.93. The molecule has 0 aromatic carbocycles. The molecule has 2 atom stereocenters. The van der Waals surface area contributed by atoms with Crippen LogP contribution >= 0.6 is 0 Å². The van der Waals surface area contributed by atoms with Gasteiger partial charge in [0.1, 0.15) is 0 Å². The normalized spacial score (nSPS) is 41.8. The Bertz CT molecular complexity index is 214. The minimum Gasteiger partial charge on any atom is -0.370 e. The van der Waals surface area contributed by atoms with E-state index in [1.807, 2.05) is 0 Å². The number of ether oxygens (including phenoxy) is 1. The van der Waals surface area contributed by atoms with Gasteiger partial charge in [-0.25, -0.2) is 0 Å². The number of hydrogen-bond donors (Lipinski definition) is 1. The maximum absolute atomic E-state index is 6.15. The summed E-state index contributed by atoms with van der Waals surface area (Å²) in [5.41, 5.74) is 6.34. The van der Waals surface area contributed by atoms with Gasteiger partial charge in [0.15, 0.2) is 0 Å². The lowest BCUT2D eigenvalue weighted by atomic mass is 9.69. The number of nitrogens with two attached hydrogens (primary N) is 1. The van der Waals surface area contributed by atoms with Gasteiger partial charge in [-0.1, -0.05) is 20.3 Å². The van der Waals surface area contributed by atoms with Crippen LogP contribution in [0.25, 0.3) is 0 Å². The molecule has 1 saturated carbocycles. The Labute approximate surface area is 87.2 Å². The molecule has 82 valence electrons. The summed E-state index contributed by atoms with van der Waals surface area (Å²) in [7, 11) is 0. The van der Waals surface area contributed by atoms with Crippen LogP contribution in [0.15, 0.2) is 0 Å². The third-order valence-electron chi connectivity index (χ3n) is 3.89. The molecule has 1 saturated heterocycles. The van der Waals surface area contributed by atoms with Gasteiger partial charge in [-0.3, -0.25) is 0 Å². The van der Waals surface area contributed by atoms with E-state index in [0.29, 0.717) is 18.1 Å². The van der Waals surface area contributed by atoms with Crippen molar-refractivity contribution in [3.8, 4) is 0 Å². The Morgan fingerprint density at radius 3 is 2.64 bits per heavy atom. The second kappa shape index (κ2) is 3.49. The average molecular weight is 197 g/mol. The number of rotatable bonds is 1. The summed E-state index contributed by atoms with van der Waals surface area (Å²) in [6.07, 6.45) is 7.91. The van der Waals surface area contributed by atoms with Crippen LogP contribution in [-0.4, -0.2) is 18.2 Å². The van der Waals surface area contributed by atoms with Crippen molar-refractivity contribution in [2.24, 2.45) is 11.1 Å². The molecule has 2 heteroatoms. The Balaban J connectivity index is 2.03. The lowest BCUT2D eigenvalue weighted by Gasteiger charge is -2.42. The van der Waals surface area contributed by atoms with Crippen molar-refractivity contribution in [3.63, 3.8) is 0 Å². The molecule has 0 bridgehead atoms. The van der Waals surface area contributed by atoms with E-state index in [2.05, 4.69) is 13.8 Å². The van der Waals surface area contributed by atoms with Crippen LogP contribution < -0.4 is 5.73 Å². The van der Waals surface area contributed by atoms with Gasteiger partial charge in [0.05, 0.1) is 11.7 Å². The van der Waals surface area contributed by atoms with E-state index in [0.717, 1.165) is 0 Å². The summed E-state index contributed by atoms with van der Waals surface area (Å²) >= 11 is 0. The largest absolute Gasteiger partial charge is 0.370 e. The molecule has 14 heavy (non-hydrogen) atoms. The maximum Gasteiger partial charge on any atom is 0.0705 e. The molecule has 1 heterocycles. The summed E-state index contributed by atoms with van der Waals surface area (Å²) in [6.45, 7) is 5.43. The molecule has 2 N–H and O–H groups in total. The number of hydrogen-bond acceptors (Lipinski definition) is 2. The zero-order chi connectivity index (χ0) is 10.2. The van der Waals surface area contributed by atoms with Gasteiger partial charge in [0.2, 0.25) is 0 Å². The lowest BCUT2D eigenvalue weighted by Crippen LogP contribution is -2.39. The summed E-state index contributed by atoms with van der Waals surface area (Å²) in [4.78, 5) is 0. The lowest BCUT2D eigenvalue weighted by molar-refractivity contribution is -0.0872. The molecule has 1 aliphatic heterocycles. The third kappa shape index (κ3) is 1.96. The summed E-state index contributed by atoms with van der Waals surface area (Å²) in [5.74, 6) is 0. The maximum atomic E-state index is 6.15. The van der Waals surface area contributed by atoms with E-state index < -0.39 is 0 Å². The summed E-state index contributed by atoms with van der Waals surface area (Å²) in [5, 5.41) is 0. The first-order valence-corrected chi connectivity index (χ1v) is 5.93. The van der Waals surface area contributed by atoms with E-state index in [-0.39, 0.29) is 5.60 Å². The molecule has 2 fully saturated rings. The predicted octanol–water partition coefficient (Wildman–Crippen LogP) is 2.46. The Morgan fingerprint density at radius 1 is 1.29 bits per heavy atom. The van der Waals surface area contributed by atoms with E-state index in [4.69, 9.17) is 10.5 Å². The van der Waals surface area contributed by atoms with Gasteiger partial charge in [-0.05, 0) is 37.5 Å². The van der Waals surface area contributed by atoms with Crippen LogP contribution in [0.4, 0.5) is 0 Å². The van der Waals surface area contributed by atoms with Crippen LogP contribution in [0.1, 0.15) is 52.4 Å². The van der Waals surface area contributed by atoms with Gasteiger partial charge >= 0.3 is 0 Å². The summed E-state index contributed by atoms with van der Waals surface area (Å²) in [6, 6.07) is 0. The topological polar surface area (TPSA) is 35.2 Å². The first kappa shape index (κ1) is 10.4. The van der Waals surface area contributed by atoms with Crippen LogP contribution in [-0.2, 0) is 4.74 Å². The molecule has 0 aromatic heterocycles. The van der Waals surface area contributed by atoms with Crippen molar-refractivity contribution in [1.29, 1.82) is 0 Å². The van der Waals surface area contributed by atoms with Crippen molar-refractivity contribution in [3.05, 3.63) is 0 Å². The highest BCUT2D eigenvalue weighted by Gasteiger charge is 2.45. The fourth-order valence-electron chi connectivity index (χ4n) is 3.31. The second-order valence-electron chi connectivity index (χ2n) is 5.89. The van der Waals surface area contributed by atoms with Gasteiger partial charge in [0.25, 0.3) is 0 Å². The van der Waals surface area contributed by atoms with E-state index in [1.54, 1.807) is 0 Å². The summed E-state index contributed by atoms with van der Waals surface area (Å²) < 4.78 is 6.15. The van der Waals surface area contributed by atoms with Gasteiger partial charge in [-0.2, -0.15) is 0 Å². The average Bonchev–Trinajstić information content (AvgIpc) is 2.46. The highest BCUT2D eigenvalue weighted by Crippen LogP contribution is 2.48. The Morgan fingerprint density at radius 2 is 2.07 bits per heavy atom. The zero-order valence-corrected chi connectivity index (χ0v) is 9.51. The minimum absolute atomic E-state index is 0.200. The quantitative estimate of drug-likeness (QED) is 0.701. The highest BCUT2D eigenvalue weighted by molar-refractivity contribution is 4.96. The van der Waals surface area contributed by atoms with E-state index in [9.17, 15) is 0 Å². The van der Waals surface area contributed by atoms with Crippen LogP contribution in [0.2, 0.25) is 0 Å². The van der Waals surface area contributed by atoms with Crippen molar-refractivity contribution < 1.29 is 4.74 Å². The second-order valence-corrected chi connectivity index (χ2v) is 5.89. The van der Waals surface area contributed by atoms with Crippen molar-refractivity contribution in [2.75, 3.05) is 6.54 Å². The van der Waals surface area contributed by atoms with Crippen molar-refractivity contribution in [1.82, 2.24) is 0 Å². The molecule has 0 radical (unpaired) electrons. The van der Waals surface area contributed by atoms with Gasteiger partial charge < -0.3 is 10.5 Å². The molecule has 2 aliphatic rings. The van der Waals surface area contributed by atoms with Crippen LogP contribution in [0.3, 0.4) is 0 Å². The Hall–Kier alpha value is -0.0800. The first-order chi connectivity index (χ1) is 6.55. The molecule has 0 aromatic rings. The van der Waals surface area contributed by atoms with Crippen molar-refractivity contribution >= 4 is 0 Å². The van der Waals surface area contributed by atoms with Crippen LogP contribution in [0, 0.1) is 5.41 Å². The molecule has 1 spiro atoms. The van der Waals surface area contributed by atoms with Gasteiger partial charge in [-0.15, -0.1) is 0 Å². The standard InChI is InChI=1S/C12H23NO/c1-11(2)5-3-6-12(9-11)7-4-10(8-13)14-12/h10H,3-9,13H2,1-2H3/t10-,12-/m0/s1. The molecule has 2 nitrogen and oxygen atoms in total. The smallest absolute Gasteiger partial charge is 0.0705 e. The Kier molecular flexibility index (Phi) is 2.61. The van der Waals surface area contributed by atoms with E-state index >= 15 is 0 Å². The zero-order valence-electron chi connectivity index (χ0n) is 9.51. The molecular weight excluding hydrogens is 174 g/mol. The molecule has 0 amide bonds. The molecule has 1 aliphatic carbocycles. The van der Waals surface area contributed by atoms with Gasteiger partial charge in [0, 0.05) is 6.54 Å². The third-order valence-corrected chi connectivity index (χ3v) is 3.89. The van der Waals surface area contributed by atoms with Crippen molar-refractivity contribution in [2.45, 2.75) is 64.1 Å². The minimum atomic E-state index is 0.200. The predicted molar refractivity (Wildman–Crippen MR) is 58.1 cm³/mol. The molecule has 0 unspecified atom stereocenters. The van der Waals surface area contributed by atoms with Crippen LogP contribution in [0.5, 0.6) is 0 Å². The molecule has 2 rings (SSSR count). The SMILES string of the molecule is CC1(C)CCC[C@]2(CC[C@@H](CN)O2)C1.